The van der Waals surface area contributed by atoms with Gasteiger partial charge in [0.1, 0.15) is 16.4 Å². The molecule has 1 N–H and O–H groups in total. The molecule has 0 aliphatic heterocycles. The minimum Gasteiger partial charge on any atom is -0.462 e. The number of ether oxygens (including phenoxy) is 1. The number of H-pyrrole nitrogens is 1. The van der Waals surface area contributed by atoms with Gasteiger partial charge in [0.05, 0.1) is 12.3 Å². The first-order chi connectivity index (χ1) is 11.5. The molecule has 124 valence electrons. The van der Waals surface area contributed by atoms with E-state index in [-0.39, 0.29) is 12.5 Å². The average molecular weight is 343 g/mol. The van der Waals surface area contributed by atoms with Crippen molar-refractivity contribution >= 4 is 28.2 Å². The SMILES string of the molecule is CCOC(=O)c1sc(-c2ccc3[nH]c(C)c(CN=O)c3c2)nc1C. The third kappa shape index (κ3) is 2.82. The van der Waals surface area contributed by atoms with E-state index < -0.39 is 0 Å². The van der Waals surface area contributed by atoms with Gasteiger partial charge in [0, 0.05) is 27.7 Å². The Bertz CT molecular complexity index is 927. The number of carbonyl (C=O) groups is 1. The fourth-order valence-electron chi connectivity index (χ4n) is 2.69. The number of nitroso groups, excluding NO2 is 1. The molecule has 0 saturated heterocycles. The molecule has 0 atom stereocenters. The Labute approximate surface area is 142 Å². The highest BCUT2D eigenvalue weighted by molar-refractivity contribution is 7.17. The van der Waals surface area contributed by atoms with Gasteiger partial charge in [-0.2, -0.15) is 4.91 Å². The van der Waals surface area contributed by atoms with Crippen LogP contribution >= 0.6 is 11.3 Å². The van der Waals surface area contributed by atoms with Crippen molar-refractivity contribution in [3.63, 3.8) is 0 Å². The summed E-state index contributed by atoms with van der Waals surface area (Å²) in [6.45, 7) is 5.96. The fraction of sp³-hybridized carbons (Fsp3) is 0.294. The summed E-state index contributed by atoms with van der Waals surface area (Å²) in [5.41, 5.74) is 4.34. The lowest BCUT2D eigenvalue weighted by Gasteiger charge is -1.99. The maximum atomic E-state index is 12.0. The molecule has 2 aromatic heterocycles. The molecule has 3 rings (SSSR count). The Balaban J connectivity index is 2.06. The number of thiazole rings is 1. The second-order valence-corrected chi connectivity index (χ2v) is 6.43. The smallest absolute Gasteiger partial charge is 0.350 e. The zero-order valence-electron chi connectivity index (χ0n) is 13.7. The summed E-state index contributed by atoms with van der Waals surface area (Å²) in [6.07, 6.45) is 0. The topological polar surface area (TPSA) is 84.4 Å². The first-order valence-electron chi connectivity index (χ1n) is 7.60. The standard InChI is InChI=1S/C17H17N3O3S/c1-4-23-17(21)15-10(3)20-16(24-15)11-5-6-14-12(7-11)13(8-18-22)9(2)19-14/h5-7,19H,4,8H2,1-3H3. The van der Waals surface area contributed by atoms with Crippen molar-refractivity contribution in [2.75, 3.05) is 6.61 Å². The van der Waals surface area contributed by atoms with Crippen LogP contribution in [-0.2, 0) is 11.3 Å². The highest BCUT2D eigenvalue weighted by atomic mass is 32.1. The average Bonchev–Trinajstić information content (AvgIpc) is 3.08. The molecule has 0 unspecified atom stereocenters. The lowest BCUT2D eigenvalue weighted by Crippen LogP contribution is -2.03. The number of carbonyl (C=O) groups excluding carboxylic acids is 1. The fourth-order valence-corrected chi connectivity index (χ4v) is 3.65. The monoisotopic (exact) mass is 343 g/mol. The van der Waals surface area contributed by atoms with E-state index in [0.717, 1.165) is 32.7 Å². The number of rotatable bonds is 5. The predicted octanol–water partition coefficient (Wildman–Crippen LogP) is 4.35. The van der Waals surface area contributed by atoms with E-state index >= 15 is 0 Å². The molecule has 7 heteroatoms. The molecule has 0 radical (unpaired) electrons. The highest BCUT2D eigenvalue weighted by Gasteiger charge is 2.18. The van der Waals surface area contributed by atoms with E-state index in [1.54, 1.807) is 13.8 Å². The second kappa shape index (κ2) is 6.52. The van der Waals surface area contributed by atoms with Crippen molar-refractivity contribution in [1.82, 2.24) is 9.97 Å². The summed E-state index contributed by atoms with van der Waals surface area (Å²) < 4.78 is 5.06. The third-order valence-electron chi connectivity index (χ3n) is 3.85. The van der Waals surface area contributed by atoms with Crippen LogP contribution in [0.3, 0.4) is 0 Å². The first kappa shape index (κ1) is 16.3. The lowest BCUT2D eigenvalue weighted by molar-refractivity contribution is 0.0531. The molecule has 0 aliphatic rings. The van der Waals surface area contributed by atoms with E-state index in [1.807, 2.05) is 25.1 Å². The molecule has 3 aromatic rings. The van der Waals surface area contributed by atoms with Gasteiger partial charge in [0.2, 0.25) is 0 Å². The van der Waals surface area contributed by atoms with Gasteiger partial charge in [-0.05, 0) is 39.0 Å². The first-order valence-corrected chi connectivity index (χ1v) is 8.42. The van der Waals surface area contributed by atoms with Crippen LogP contribution in [0.25, 0.3) is 21.5 Å². The number of benzene rings is 1. The molecule has 0 aliphatic carbocycles. The Morgan fingerprint density at radius 1 is 1.38 bits per heavy atom. The summed E-state index contributed by atoms with van der Waals surface area (Å²) in [7, 11) is 0. The van der Waals surface area contributed by atoms with Gasteiger partial charge in [0.25, 0.3) is 0 Å². The summed E-state index contributed by atoms with van der Waals surface area (Å²) in [4.78, 5) is 30.9. The number of aromatic amines is 1. The van der Waals surface area contributed by atoms with E-state index in [4.69, 9.17) is 4.74 Å². The number of fused-ring (bicyclic) bond motifs is 1. The molecule has 6 nitrogen and oxygen atoms in total. The van der Waals surface area contributed by atoms with Crippen LogP contribution in [0.15, 0.2) is 23.4 Å². The maximum Gasteiger partial charge on any atom is 0.350 e. The highest BCUT2D eigenvalue weighted by Crippen LogP contribution is 2.32. The van der Waals surface area contributed by atoms with Crippen LogP contribution in [0.5, 0.6) is 0 Å². The zero-order valence-corrected chi connectivity index (χ0v) is 14.5. The normalized spacial score (nSPS) is 11.0. The van der Waals surface area contributed by atoms with E-state index in [2.05, 4.69) is 15.1 Å². The van der Waals surface area contributed by atoms with Crippen LogP contribution in [0.4, 0.5) is 0 Å². The summed E-state index contributed by atoms with van der Waals surface area (Å²) in [6, 6.07) is 5.88. The molecule has 24 heavy (non-hydrogen) atoms. The maximum absolute atomic E-state index is 12.0. The number of nitrogens with one attached hydrogen (secondary N) is 1. The van der Waals surface area contributed by atoms with E-state index in [9.17, 15) is 9.70 Å². The molecular formula is C17H17N3O3S. The van der Waals surface area contributed by atoms with Gasteiger partial charge >= 0.3 is 5.97 Å². The molecule has 2 heterocycles. The Morgan fingerprint density at radius 3 is 2.88 bits per heavy atom. The van der Waals surface area contributed by atoms with Crippen LogP contribution in [0.2, 0.25) is 0 Å². The zero-order chi connectivity index (χ0) is 17.3. The van der Waals surface area contributed by atoms with Crippen LogP contribution in [0.1, 0.15) is 33.5 Å². The molecule has 0 bridgehead atoms. The van der Waals surface area contributed by atoms with Crippen molar-refractivity contribution in [2.45, 2.75) is 27.3 Å². The molecule has 1 aromatic carbocycles. The quantitative estimate of drug-likeness (QED) is 0.551. The van der Waals surface area contributed by atoms with Crippen LogP contribution in [-0.4, -0.2) is 22.5 Å². The Morgan fingerprint density at radius 2 is 2.17 bits per heavy atom. The Kier molecular flexibility index (Phi) is 4.44. The summed E-state index contributed by atoms with van der Waals surface area (Å²) >= 11 is 1.31. The largest absolute Gasteiger partial charge is 0.462 e. The number of nitrogens with zero attached hydrogens (tertiary/aromatic N) is 2. The van der Waals surface area contributed by atoms with Gasteiger partial charge in [0.15, 0.2) is 0 Å². The van der Waals surface area contributed by atoms with Gasteiger partial charge in [-0.15, -0.1) is 11.3 Å². The van der Waals surface area contributed by atoms with Gasteiger partial charge in [-0.3, -0.25) is 0 Å². The third-order valence-corrected chi connectivity index (χ3v) is 5.03. The van der Waals surface area contributed by atoms with Crippen LogP contribution in [0, 0.1) is 18.8 Å². The minimum atomic E-state index is -0.344. The van der Waals surface area contributed by atoms with Crippen molar-refractivity contribution in [3.8, 4) is 10.6 Å². The lowest BCUT2D eigenvalue weighted by atomic mass is 10.1. The number of aryl methyl sites for hydroxylation is 2. The van der Waals surface area contributed by atoms with Gasteiger partial charge < -0.3 is 9.72 Å². The number of hydrogen-bond acceptors (Lipinski definition) is 6. The van der Waals surface area contributed by atoms with E-state index in [0.29, 0.717) is 17.2 Å². The molecular weight excluding hydrogens is 326 g/mol. The molecule has 0 saturated carbocycles. The molecule has 0 amide bonds. The van der Waals surface area contributed by atoms with Crippen molar-refractivity contribution in [3.05, 3.63) is 44.9 Å². The number of hydrogen-bond donors (Lipinski definition) is 1. The minimum absolute atomic E-state index is 0.125. The summed E-state index contributed by atoms with van der Waals surface area (Å²) in [5, 5.41) is 4.71. The number of esters is 1. The molecule has 0 spiro atoms. The predicted molar refractivity (Wildman–Crippen MR) is 94.3 cm³/mol. The van der Waals surface area contributed by atoms with Crippen molar-refractivity contribution in [2.24, 2.45) is 5.18 Å². The van der Waals surface area contributed by atoms with E-state index in [1.165, 1.54) is 11.3 Å². The second-order valence-electron chi connectivity index (χ2n) is 5.43. The van der Waals surface area contributed by atoms with Gasteiger partial charge in [-0.1, -0.05) is 5.18 Å². The molecule has 0 fully saturated rings. The Hall–Kier alpha value is -2.54. The number of aromatic nitrogens is 2. The van der Waals surface area contributed by atoms with Gasteiger partial charge in [-0.25, -0.2) is 9.78 Å². The van der Waals surface area contributed by atoms with Crippen molar-refractivity contribution in [1.29, 1.82) is 0 Å². The van der Waals surface area contributed by atoms with Crippen LogP contribution < -0.4 is 0 Å². The summed E-state index contributed by atoms with van der Waals surface area (Å²) in [5.74, 6) is -0.344. The van der Waals surface area contributed by atoms with Crippen molar-refractivity contribution < 1.29 is 9.53 Å².